The quantitative estimate of drug-likeness (QED) is 0.765. The molecule has 0 aliphatic heterocycles. The Labute approximate surface area is 135 Å². The van der Waals surface area contributed by atoms with Gasteiger partial charge in [0.1, 0.15) is 5.01 Å². The highest BCUT2D eigenvalue weighted by molar-refractivity contribution is 7.13. The van der Waals surface area contributed by atoms with E-state index in [2.05, 4.69) is 4.98 Å². The molecule has 0 aliphatic carbocycles. The molecule has 3 rings (SSSR count). The van der Waals surface area contributed by atoms with Crippen molar-refractivity contribution in [2.45, 2.75) is 6.43 Å². The molecule has 0 saturated heterocycles. The van der Waals surface area contributed by atoms with Gasteiger partial charge < -0.3 is 5.73 Å². The molecule has 0 spiro atoms. The first-order chi connectivity index (χ1) is 11.1. The first-order valence-corrected chi connectivity index (χ1v) is 7.67. The van der Waals surface area contributed by atoms with Crippen LogP contribution in [0.15, 0.2) is 54.0 Å². The van der Waals surface area contributed by atoms with Crippen molar-refractivity contribution in [3.63, 3.8) is 0 Å². The molecular weight excluding hydrogens is 318 g/mol. The molecule has 116 valence electrons. The lowest BCUT2D eigenvalue weighted by Crippen LogP contribution is -2.15. The predicted octanol–water partition coefficient (Wildman–Crippen LogP) is 4.51. The Morgan fingerprint density at radius 3 is 2.43 bits per heavy atom. The highest BCUT2D eigenvalue weighted by Gasteiger charge is 2.25. The number of carbonyl (C=O) groups excluding carboxylic acids is 1. The van der Waals surface area contributed by atoms with Gasteiger partial charge in [-0.25, -0.2) is 13.8 Å². The zero-order chi connectivity index (χ0) is 16.4. The predicted molar refractivity (Wildman–Crippen MR) is 86.5 cm³/mol. The Morgan fingerprint density at radius 1 is 1.13 bits per heavy atom. The maximum Gasteiger partial charge on any atom is 0.264 e. The number of primary amides is 1. The monoisotopic (exact) mass is 330 g/mol. The second kappa shape index (κ2) is 6.26. The summed E-state index contributed by atoms with van der Waals surface area (Å²) >= 11 is 1.19. The van der Waals surface area contributed by atoms with Crippen molar-refractivity contribution in [1.29, 1.82) is 0 Å². The third-order valence-corrected chi connectivity index (χ3v) is 4.24. The second-order valence-electron chi connectivity index (χ2n) is 4.82. The molecule has 2 aromatic carbocycles. The fourth-order valence-corrected chi connectivity index (χ4v) is 3.20. The third-order valence-electron chi connectivity index (χ3n) is 3.45. The van der Waals surface area contributed by atoms with Crippen molar-refractivity contribution in [1.82, 2.24) is 4.98 Å². The molecule has 3 nitrogen and oxygen atoms in total. The summed E-state index contributed by atoms with van der Waals surface area (Å²) in [6.07, 6.45) is -1.22. The van der Waals surface area contributed by atoms with Gasteiger partial charge in [0.15, 0.2) is 0 Å². The number of hydrogen-bond donors (Lipinski definition) is 1. The number of nitrogens with zero attached hydrogens (tertiary/aromatic N) is 1. The van der Waals surface area contributed by atoms with Gasteiger partial charge in [-0.3, -0.25) is 4.79 Å². The molecule has 0 bridgehead atoms. The third kappa shape index (κ3) is 2.85. The first kappa shape index (κ1) is 15.3. The van der Waals surface area contributed by atoms with E-state index < -0.39 is 12.3 Å². The summed E-state index contributed by atoms with van der Waals surface area (Å²) in [5.74, 6) is -0.753. The molecule has 23 heavy (non-hydrogen) atoms. The van der Waals surface area contributed by atoms with E-state index in [-0.39, 0.29) is 16.7 Å². The van der Waals surface area contributed by atoms with E-state index in [1.54, 1.807) is 17.5 Å². The van der Waals surface area contributed by atoms with Crippen molar-refractivity contribution < 1.29 is 13.6 Å². The largest absolute Gasteiger partial charge is 0.366 e. The van der Waals surface area contributed by atoms with E-state index in [0.717, 1.165) is 5.56 Å². The van der Waals surface area contributed by atoms with Crippen LogP contribution in [0.25, 0.3) is 21.7 Å². The fraction of sp³-hybridized carbons (Fsp3) is 0.0588. The molecule has 0 unspecified atom stereocenters. The lowest BCUT2D eigenvalue weighted by atomic mass is 9.91. The number of rotatable bonds is 4. The van der Waals surface area contributed by atoms with E-state index in [1.807, 2.05) is 18.2 Å². The van der Waals surface area contributed by atoms with Crippen molar-refractivity contribution in [3.8, 4) is 21.7 Å². The van der Waals surface area contributed by atoms with Crippen LogP contribution in [0.4, 0.5) is 8.78 Å². The average Bonchev–Trinajstić information content (AvgIpc) is 3.08. The molecule has 1 amide bonds. The van der Waals surface area contributed by atoms with E-state index in [4.69, 9.17) is 5.73 Å². The van der Waals surface area contributed by atoms with Crippen LogP contribution in [0.1, 0.15) is 22.3 Å². The second-order valence-corrected chi connectivity index (χ2v) is 5.72. The lowest BCUT2D eigenvalue weighted by molar-refractivity contribution is 0.100. The van der Waals surface area contributed by atoms with Crippen molar-refractivity contribution in [2.24, 2.45) is 5.73 Å². The van der Waals surface area contributed by atoms with Crippen LogP contribution >= 0.6 is 11.3 Å². The highest BCUT2D eigenvalue weighted by Crippen LogP contribution is 2.39. The minimum absolute atomic E-state index is 0.0731. The van der Waals surface area contributed by atoms with Gasteiger partial charge in [-0.2, -0.15) is 0 Å². The van der Waals surface area contributed by atoms with E-state index >= 15 is 0 Å². The number of aromatic nitrogens is 1. The summed E-state index contributed by atoms with van der Waals surface area (Å²) < 4.78 is 26.8. The minimum Gasteiger partial charge on any atom is -0.366 e. The van der Waals surface area contributed by atoms with Crippen molar-refractivity contribution in [3.05, 3.63) is 65.2 Å². The minimum atomic E-state index is -2.73. The molecule has 0 fully saturated rings. The Morgan fingerprint density at radius 2 is 1.87 bits per heavy atom. The summed E-state index contributed by atoms with van der Waals surface area (Å²) in [5.41, 5.74) is 6.72. The van der Waals surface area contributed by atoms with Crippen LogP contribution < -0.4 is 5.73 Å². The van der Waals surface area contributed by atoms with Crippen molar-refractivity contribution in [2.75, 3.05) is 0 Å². The fourth-order valence-electron chi connectivity index (χ4n) is 2.49. The average molecular weight is 330 g/mol. The van der Waals surface area contributed by atoms with Crippen LogP contribution in [0, 0.1) is 0 Å². The Hall–Kier alpha value is -2.60. The zero-order valence-electron chi connectivity index (χ0n) is 11.9. The van der Waals surface area contributed by atoms with Crippen LogP contribution in [-0.4, -0.2) is 10.9 Å². The van der Waals surface area contributed by atoms with Gasteiger partial charge in [0.25, 0.3) is 6.43 Å². The SMILES string of the molecule is NC(=O)c1c(-c2ccccc2)ccc(C(F)F)c1-c1nccs1. The molecule has 0 aliphatic rings. The van der Waals surface area contributed by atoms with Gasteiger partial charge in [0.2, 0.25) is 5.91 Å². The molecule has 1 heterocycles. The Bertz CT molecular complexity index is 833. The van der Waals surface area contributed by atoms with Crippen LogP contribution in [0.2, 0.25) is 0 Å². The molecule has 0 saturated carbocycles. The van der Waals surface area contributed by atoms with Gasteiger partial charge in [-0.1, -0.05) is 42.5 Å². The number of benzene rings is 2. The van der Waals surface area contributed by atoms with Gasteiger partial charge in [0, 0.05) is 22.7 Å². The Kier molecular flexibility index (Phi) is 4.16. The zero-order valence-corrected chi connectivity index (χ0v) is 12.7. The smallest absolute Gasteiger partial charge is 0.264 e. The van der Waals surface area contributed by atoms with Crippen molar-refractivity contribution >= 4 is 17.2 Å². The van der Waals surface area contributed by atoms with E-state index in [1.165, 1.54) is 29.7 Å². The lowest BCUT2D eigenvalue weighted by Gasteiger charge is -2.15. The number of thiazole rings is 1. The standard InChI is InChI=1S/C17H12F2N2OS/c18-15(19)12-7-6-11(10-4-2-1-3-5-10)13(16(20)22)14(12)17-21-8-9-23-17/h1-9,15H,(H2,20,22). The maximum atomic E-state index is 13.4. The Balaban J connectivity index is 2.36. The van der Waals surface area contributed by atoms with Crippen LogP contribution in [0.5, 0.6) is 0 Å². The highest BCUT2D eigenvalue weighted by atomic mass is 32.1. The van der Waals surface area contributed by atoms with Gasteiger partial charge in [0.05, 0.1) is 5.56 Å². The first-order valence-electron chi connectivity index (χ1n) is 6.79. The number of amides is 1. The molecule has 6 heteroatoms. The normalized spacial score (nSPS) is 10.9. The summed E-state index contributed by atoms with van der Waals surface area (Å²) in [5, 5.41) is 2.02. The number of halogens is 2. The van der Waals surface area contributed by atoms with Gasteiger partial charge in [-0.15, -0.1) is 11.3 Å². The molecular formula is C17H12F2N2OS. The van der Waals surface area contributed by atoms with Crippen LogP contribution in [-0.2, 0) is 0 Å². The number of hydrogen-bond acceptors (Lipinski definition) is 3. The van der Waals surface area contributed by atoms with Gasteiger partial charge in [-0.05, 0) is 11.1 Å². The summed E-state index contributed by atoms with van der Waals surface area (Å²) in [6, 6.07) is 11.9. The van der Waals surface area contributed by atoms with E-state index in [0.29, 0.717) is 10.6 Å². The van der Waals surface area contributed by atoms with Gasteiger partial charge >= 0.3 is 0 Å². The summed E-state index contributed by atoms with van der Waals surface area (Å²) in [4.78, 5) is 16.1. The molecule has 0 atom stereocenters. The summed E-state index contributed by atoms with van der Waals surface area (Å²) in [6.45, 7) is 0. The summed E-state index contributed by atoms with van der Waals surface area (Å²) in [7, 11) is 0. The maximum absolute atomic E-state index is 13.4. The topological polar surface area (TPSA) is 56.0 Å². The molecule has 0 radical (unpaired) electrons. The number of alkyl halides is 2. The number of carbonyl (C=O) groups is 1. The van der Waals surface area contributed by atoms with Crippen LogP contribution in [0.3, 0.4) is 0 Å². The number of nitrogens with two attached hydrogens (primary N) is 1. The molecule has 2 N–H and O–H groups in total. The van der Waals surface area contributed by atoms with E-state index in [9.17, 15) is 13.6 Å². The molecule has 1 aromatic heterocycles. The molecule has 3 aromatic rings.